The topological polar surface area (TPSA) is 58.9 Å². The Morgan fingerprint density at radius 1 is 1.08 bits per heavy atom. The van der Waals surface area contributed by atoms with Gasteiger partial charge in [0.05, 0.1) is 33.0 Å². The van der Waals surface area contributed by atoms with Crippen molar-refractivity contribution in [2.75, 3.05) is 33.0 Å². The quantitative estimate of drug-likeness (QED) is 0.263. The smallest absolute Gasteiger partial charge is 0.175 e. The van der Waals surface area contributed by atoms with Crippen molar-refractivity contribution in [2.45, 2.75) is 4.27 Å². The predicted octanol–water partition coefficient (Wildman–Crippen LogP) is -0.482. The van der Waals surface area contributed by atoms with Crippen LogP contribution in [0.5, 0.6) is 0 Å². The van der Waals surface area contributed by atoms with Crippen molar-refractivity contribution in [1.82, 2.24) is 0 Å². The lowest BCUT2D eigenvalue weighted by Gasteiger charge is -2.14. The molecule has 6 heteroatoms. The van der Waals surface area contributed by atoms with Gasteiger partial charge in [0.1, 0.15) is 0 Å². The molecule has 0 heterocycles. The molecule has 0 bridgehead atoms. The van der Waals surface area contributed by atoms with Crippen molar-refractivity contribution in [3.63, 3.8) is 0 Å². The molecule has 0 aromatic carbocycles. The molecule has 0 atom stereocenters. The average molecular weight is 214 g/mol. The Balaban J connectivity index is 3.01. The molecule has 12 heavy (non-hydrogen) atoms. The van der Waals surface area contributed by atoms with E-state index in [2.05, 4.69) is 25.3 Å². The van der Waals surface area contributed by atoms with Crippen LogP contribution in [-0.4, -0.2) is 47.5 Å². The number of ether oxygens (including phenoxy) is 2. The van der Waals surface area contributed by atoms with Gasteiger partial charge in [0, 0.05) is 0 Å². The van der Waals surface area contributed by atoms with E-state index >= 15 is 0 Å². The Bertz CT molecular complexity index is 104. The van der Waals surface area contributed by atoms with Gasteiger partial charge in [0.15, 0.2) is 4.27 Å². The lowest BCUT2D eigenvalue weighted by molar-refractivity contribution is 0.0111. The van der Waals surface area contributed by atoms with Crippen LogP contribution in [0, 0.1) is 0 Å². The third kappa shape index (κ3) is 10.5. The molecule has 0 spiro atoms. The summed E-state index contributed by atoms with van der Waals surface area (Å²) in [6.07, 6.45) is 0. The predicted molar refractivity (Wildman–Crippen MR) is 51.6 cm³/mol. The number of hydrogen-bond donors (Lipinski definition) is 4. The highest BCUT2D eigenvalue weighted by molar-refractivity contribution is 8.00. The van der Waals surface area contributed by atoms with Crippen LogP contribution in [-0.2, 0) is 9.47 Å². The maximum Gasteiger partial charge on any atom is 0.175 e. The standard InChI is InChI=1S/C6H14O4S2/c7-1-2-9-3-4-10-5-6(8,11)12/h7-8,11-12H,1-5H2. The van der Waals surface area contributed by atoms with Gasteiger partial charge >= 0.3 is 0 Å². The molecular formula is C6H14O4S2. The van der Waals surface area contributed by atoms with Gasteiger partial charge in [-0.2, -0.15) is 0 Å². The van der Waals surface area contributed by atoms with E-state index in [9.17, 15) is 0 Å². The Kier molecular flexibility index (Phi) is 7.31. The van der Waals surface area contributed by atoms with Gasteiger partial charge < -0.3 is 19.7 Å². The maximum absolute atomic E-state index is 8.94. The zero-order valence-corrected chi connectivity index (χ0v) is 8.43. The summed E-state index contributed by atoms with van der Waals surface area (Å²) in [5.41, 5.74) is 0. The van der Waals surface area contributed by atoms with Crippen molar-refractivity contribution in [3.8, 4) is 0 Å². The fourth-order valence-corrected chi connectivity index (χ4v) is 0.676. The molecule has 0 aliphatic rings. The molecule has 0 saturated heterocycles. The number of hydrogen-bond acceptors (Lipinski definition) is 6. The highest BCUT2D eigenvalue weighted by Crippen LogP contribution is 2.14. The second-order valence-corrected chi connectivity index (χ2v) is 4.00. The summed E-state index contributed by atoms with van der Waals surface area (Å²) in [4.78, 5) is 0. The minimum Gasteiger partial charge on any atom is -0.394 e. The summed E-state index contributed by atoms with van der Waals surface area (Å²) in [5.74, 6) is 0. The number of thiol groups is 2. The van der Waals surface area contributed by atoms with E-state index in [-0.39, 0.29) is 13.2 Å². The first-order valence-corrected chi connectivity index (χ1v) is 4.39. The zero-order chi connectivity index (χ0) is 9.45. The maximum atomic E-state index is 8.94. The molecule has 0 aromatic rings. The average Bonchev–Trinajstić information content (AvgIpc) is 1.94. The monoisotopic (exact) mass is 214 g/mol. The summed E-state index contributed by atoms with van der Waals surface area (Å²) >= 11 is 7.42. The second-order valence-electron chi connectivity index (χ2n) is 2.16. The number of aliphatic hydroxyl groups is 2. The van der Waals surface area contributed by atoms with Crippen molar-refractivity contribution >= 4 is 25.3 Å². The second kappa shape index (κ2) is 6.99. The molecule has 0 saturated carbocycles. The Labute approximate surface area is 82.7 Å². The molecule has 0 unspecified atom stereocenters. The van der Waals surface area contributed by atoms with Gasteiger partial charge in [-0.05, 0) is 0 Å². The zero-order valence-electron chi connectivity index (χ0n) is 6.64. The fourth-order valence-electron chi connectivity index (χ4n) is 0.494. The Morgan fingerprint density at radius 3 is 2.17 bits per heavy atom. The van der Waals surface area contributed by atoms with Crippen LogP contribution < -0.4 is 0 Å². The van der Waals surface area contributed by atoms with Crippen LogP contribution in [0.25, 0.3) is 0 Å². The molecule has 0 aliphatic heterocycles. The molecule has 2 N–H and O–H groups in total. The fraction of sp³-hybridized carbons (Fsp3) is 1.00. The largest absolute Gasteiger partial charge is 0.394 e. The first-order valence-electron chi connectivity index (χ1n) is 3.50. The van der Waals surface area contributed by atoms with Crippen LogP contribution in [0.4, 0.5) is 0 Å². The van der Waals surface area contributed by atoms with Crippen molar-refractivity contribution < 1.29 is 19.7 Å². The molecule has 0 radical (unpaired) electrons. The molecule has 0 fully saturated rings. The van der Waals surface area contributed by atoms with Gasteiger partial charge in [-0.25, -0.2) is 0 Å². The summed E-state index contributed by atoms with van der Waals surface area (Å²) in [5, 5.41) is 17.3. The van der Waals surface area contributed by atoms with E-state index in [4.69, 9.17) is 19.7 Å². The SMILES string of the molecule is OCCOCCOCC(O)(S)S. The van der Waals surface area contributed by atoms with Gasteiger partial charge in [-0.1, -0.05) is 0 Å². The van der Waals surface area contributed by atoms with E-state index in [0.29, 0.717) is 19.8 Å². The summed E-state index contributed by atoms with van der Waals surface area (Å²) in [6, 6.07) is 0. The molecule has 0 amide bonds. The van der Waals surface area contributed by atoms with Crippen molar-refractivity contribution in [1.29, 1.82) is 0 Å². The summed E-state index contributed by atoms with van der Waals surface area (Å²) in [6.45, 7) is 1.07. The Morgan fingerprint density at radius 2 is 1.67 bits per heavy atom. The van der Waals surface area contributed by atoms with Crippen molar-refractivity contribution in [2.24, 2.45) is 0 Å². The number of aliphatic hydroxyl groups excluding tert-OH is 1. The van der Waals surface area contributed by atoms with Crippen molar-refractivity contribution in [3.05, 3.63) is 0 Å². The minimum absolute atomic E-state index is 0.00305. The number of rotatable bonds is 7. The van der Waals surface area contributed by atoms with E-state index in [1.807, 2.05) is 0 Å². The van der Waals surface area contributed by atoms with Gasteiger partial charge in [0.25, 0.3) is 0 Å². The molecule has 0 aliphatic carbocycles. The highest BCUT2D eigenvalue weighted by atomic mass is 32.2. The van der Waals surface area contributed by atoms with Gasteiger partial charge in [-0.15, -0.1) is 25.3 Å². The first-order chi connectivity index (χ1) is 5.56. The lowest BCUT2D eigenvalue weighted by atomic mass is 10.7. The minimum atomic E-state index is -1.39. The van der Waals surface area contributed by atoms with Crippen LogP contribution >= 0.6 is 25.3 Å². The third-order valence-corrected chi connectivity index (χ3v) is 1.16. The molecule has 4 nitrogen and oxygen atoms in total. The molecule has 0 aromatic heterocycles. The van der Waals surface area contributed by atoms with E-state index in [1.165, 1.54) is 0 Å². The molecular weight excluding hydrogens is 200 g/mol. The van der Waals surface area contributed by atoms with Gasteiger partial charge in [0.2, 0.25) is 0 Å². The summed E-state index contributed by atoms with van der Waals surface area (Å²) < 4.78 is 8.43. The molecule has 0 rings (SSSR count). The first kappa shape index (κ1) is 12.5. The van der Waals surface area contributed by atoms with Gasteiger partial charge in [-0.3, -0.25) is 0 Å². The highest BCUT2D eigenvalue weighted by Gasteiger charge is 2.14. The normalized spacial score (nSPS) is 12.0. The van der Waals surface area contributed by atoms with E-state index in [0.717, 1.165) is 0 Å². The Hall–Kier alpha value is 0.540. The van der Waals surface area contributed by atoms with Crippen LogP contribution in [0.15, 0.2) is 0 Å². The van der Waals surface area contributed by atoms with E-state index in [1.54, 1.807) is 0 Å². The van der Waals surface area contributed by atoms with Crippen LogP contribution in [0.2, 0.25) is 0 Å². The molecule has 74 valence electrons. The van der Waals surface area contributed by atoms with Crippen LogP contribution in [0.3, 0.4) is 0 Å². The third-order valence-electron chi connectivity index (χ3n) is 0.903. The lowest BCUT2D eigenvalue weighted by Crippen LogP contribution is -2.21. The summed E-state index contributed by atoms with van der Waals surface area (Å²) in [7, 11) is 0. The van der Waals surface area contributed by atoms with E-state index < -0.39 is 4.27 Å². The van der Waals surface area contributed by atoms with Crippen LogP contribution in [0.1, 0.15) is 0 Å².